The van der Waals surface area contributed by atoms with E-state index < -0.39 is 63.8 Å². The number of allylic oxidation sites excluding steroid dienone is 7. The molecule has 12 nitrogen and oxygen atoms in total. The standard InChI is InChI=1S/C46H82NO11P/c1-3-5-7-9-11-13-15-17-18-19-20-22-24-26-28-30-32-36-45(50)58-42(39-56-59(53,54)57-40-43(47)46(51)52)38-55-44(49)37-33-35-41(48)34-31-29-27-25-23-21-16-14-12-10-8-6-4-2/h17-18,21,23,27,29,31,34,41-43,48H,3-16,19-20,22,24-26,28,30,32-33,35-40,47H2,1-2H3,(H,51,52)(H,53,54)/b18-17-,23-21+,29-27+,34-31+/t41?,42-,43+/m1/s1. The van der Waals surface area contributed by atoms with Gasteiger partial charge in [-0.1, -0.05) is 159 Å². The first-order valence-electron chi connectivity index (χ1n) is 22.8. The maximum absolute atomic E-state index is 12.6. The van der Waals surface area contributed by atoms with Gasteiger partial charge in [0.2, 0.25) is 0 Å². The maximum Gasteiger partial charge on any atom is 0.472 e. The van der Waals surface area contributed by atoms with E-state index in [-0.39, 0.29) is 12.8 Å². The molecule has 0 saturated heterocycles. The monoisotopic (exact) mass is 856 g/mol. The summed E-state index contributed by atoms with van der Waals surface area (Å²) < 4.78 is 32.6. The van der Waals surface area contributed by atoms with Crippen LogP contribution in [0.2, 0.25) is 0 Å². The Kier molecular flexibility index (Phi) is 39.0. The van der Waals surface area contributed by atoms with Crippen molar-refractivity contribution in [1.82, 2.24) is 0 Å². The van der Waals surface area contributed by atoms with Crippen molar-refractivity contribution in [2.24, 2.45) is 5.73 Å². The first kappa shape index (κ1) is 56.4. The molecule has 2 unspecified atom stereocenters. The number of hydrogen-bond acceptors (Lipinski definition) is 10. The number of carboxylic acid groups (broad SMARTS) is 1. The third-order valence-electron chi connectivity index (χ3n) is 9.65. The second-order valence-corrected chi connectivity index (χ2v) is 16.8. The van der Waals surface area contributed by atoms with Gasteiger partial charge in [0.1, 0.15) is 12.6 Å². The Labute approximate surface area is 357 Å². The minimum Gasteiger partial charge on any atom is -0.480 e. The van der Waals surface area contributed by atoms with E-state index in [9.17, 15) is 28.9 Å². The van der Waals surface area contributed by atoms with E-state index in [4.69, 9.17) is 24.8 Å². The number of aliphatic hydroxyl groups excluding tert-OH is 1. The summed E-state index contributed by atoms with van der Waals surface area (Å²) in [6.07, 6.45) is 42.0. The highest BCUT2D eigenvalue weighted by molar-refractivity contribution is 7.47. The Morgan fingerprint density at radius 1 is 0.610 bits per heavy atom. The molecule has 0 saturated carbocycles. The molecule has 0 aliphatic heterocycles. The molecule has 0 fully saturated rings. The molecule has 0 heterocycles. The van der Waals surface area contributed by atoms with Gasteiger partial charge in [-0.15, -0.1) is 0 Å². The summed E-state index contributed by atoms with van der Waals surface area (Å²) in [5.41, 5.74) is 5.33. The molecule has 0 amide bonds. The Balaban J connectivity index is 4.52. The van der Waals surface area contributed by atoms with Crippen molar-refractivity contribution in [3.05, 3.63) is 48.6 Å². The van der Waals surface area contributed by atoms with Gasteiger partial charge in [0.05, 0.1) is 19.3 Å². The summed E-state index contributed by atoms with van der Waals surface area (Å²) in [6.45, 7) is 2.60. The number of aliphatic carboxylic acids is 1. The fraction of sp³-hybridized carbons (Fsp3) is 0.761. The highest BCUT2D eigenvalue weighted by Gasteiger charge is 2.28. The number of nitrogens with two attached hydrogens (primary N) is 1. The summed E-state index contributed by atoms with van der Waals surface area (Å²) in [4.78, 5) is 46.0. The lowest BCUT2D eigenvalue weighted by Gasteiger charge is -2.20. The van der Waals surface area contributed by atoms with Crippen molar-refractivity contribution < 1.29 is 52.6 Å². The zero-order valence-electron chi connectivity index (χ0n) is 36.7. The van der Waals surface area contributed by atoms with Crippen molar-refractivity contribution >= 4 is 25.7 Å². The Bertz CT molecular complexity index is 1210. The largest absolute Gasteiger partial charge is 0.480 e. The second kappa shape index (κ2) is 40.8. The van der Waals surface area contributed by atoms with Gasteiger partial charge in [-0.2, -0.15) is 0 Å². The van der Waals surface area contributed by atoms with Crippen LogP contribution < -0.4 is 5.73 Å². The van der Waals surface area contributed by atoms with Crippen LogP contribution in [0.25, 0.3) is 0 Å². The van der Waals surface area contributed by atoms with Crippen LogP contribution in [0.5, 0.6) is 0 Å². The van der Waals surface area contributed by atoms with Crippen LogP contribution in [0.1, 0.15) is 187 Å². The molecular formula is C46H82NO11P. The van der Waals surface area contributed by atoms with E-state index in [1.54, 1.807) is 12.2 Å². The van der Waals surface area contributed by atoms with Crippen LogP contribution >= 0.6 is 7.82 Å². The molecule has 0 bridgehead atoms. The maximum atomic E-state index is 12.6. The summed E-state index contributed by atoms with van der Waals surface area (Å²) in [5.74, 6) is -2.60. The van der Waals surface area contributed by atoms with Gasteiger partial charge in [-0.25, -0.2) is 4.57 Å². The predicted octanol–water partition coefficient (Wildman–Crippen LogP) is 11.1. The molecule has 0 spiro atoms. The molecule has 5 N–H and O–H groups in total. The van der Waals surface area contributed by atoms with Gasteiger partial charge in [0.15, 0.2) is 6.10 Å². The summed E-state index contributed by atoms with van der Waals surface area (Å²) in [7, 11) is -4.76. The normalized spacial score (nSPS) is 14.7. The number of esters is 2. The van der Waals surface area contributed by atoms with E-state index in [0.717, 1.165) is 44.9 Å². The lowest BCUT2D eigenvalue weighted by molar-refractivity contribution is -0.161. The number of phosphoric ester groups is 1. The highest BCUT2D eigenvalue weighted by Crippen LogP contribution is 2.43. The second-order valence-electron chi connectivity index (χ2n) is 15.4. The van der Waals surface area contributed by atoms with Crippen LogP contribution in [0, 0.1) is 0 Å². The fourth-order valence-corrected chi connectivity index (χ4v) is 6.79. The number of carbonyl (C=O) groups excluding carboxylic acids is 2. The van der Waals surface area contributed by atoms with E-state index in [2.05, 4.69) is 42.7 Å². The van der Waals surface area contributed by atoms with Gasteiger partial charge in [-0.05, 0) is 64.2 Å². The smallest absolute Gasteiger partial charge is 0.472 e. The summed E-state index contributed by atoms with van der Waals surface area (Å²) in [5, 5.41) is 19.2. The lowest BCUT2D eigenvalue weighted by Crippen LogP contribution is -2.34. The fourth-order valence-electron chi connectivity index (χ4n) is 6.01. The molecule has 0 aromatic rings. The number of carboxylic acids is 1. The average molecular weight is 856 g/mol. The van der Waals surface area contributed by atoms with Crippen LogP contribution in [-0.2, 0) is 37.5 Å². The number of carbonyl (C=O) groups is 3. The first-order chi connectivity index (χ1) is 28.5. The molecule has 0 radical (unpaired) electrons. The number of aliphatic hydroxyl groups is 1. The van der Waals surface area contributed by atoms with Crippen LogP contribution in [0.3, 0.4) is 0 Å². The van der Waals surface area contributed by atoms with Crippen LogP contribution in [-0.4, -0.2) is 71.1 Å². The number of hydrogen-bond donors (Lipinski definition) is 4. The predicted molar refractivity (Wildman–Crippen MR) is 237 cm³/mol. The lowest BCUT2D eigenvalue weighted by atomic mass is 10.1. The SMILES string of the molecule is CCCCCCCC/C=C\CCCCCCCCCC(=O)O[C@H](COC(=O)CCCC(O)/C=C/C=C/C/C=C/CCCCCCCC)COP(=O)(O)OC[C@H](N)C(=O)O. The molecule has 0 aliphatic carbocycles. The first-order valence-corrected chi connectivity index (χ1v) is 24.3. The number of ether oxygens (including phenoxy) is 2. The molecule has 0 aromatic carbocycles. The summed E-state index contributed by atoms with van der Waals surface area (Å²) in [6, 6.07) is -1.55. The van der Waals surface area contributed by atoms with E-state index >= 15 is 0 Å². The van der Waals surface area contributed by atoms with Crippen molar-refractivity contribution in [2.75, 3.05) is 19.8 Å². The third kappa shape index (κ3) is 40.6. The van der Waals surface area contributed by atoms with Gasteiger partial charge in [0.25, 0.3) is 0 Å². The minimum absolute atomic E-state index is 0.00367. The molecule has 342 valence electrons. The third-order valence-corrected chi connectivity index (χ3v) is 10.6. The topological polar surface area (TPSA) is 192 Å². The zero-order chi connectivity index (χ0) is 43.7. The molecule has 0 aromatic heterocycles. The number of unbranched alkanes of at least 4 members (excludes halogenated alkanes) is 19. The van der Waals surface area contributed by atoms with Gasteiger partial charge in [0, 0.05) is 12.8 Å². The van der Waals surface area contributed by atoms with Gasteiger partial charge in [-0.3, -0.25) is 23.4 Å². The Hall–Kier alpha value is -2.60. The van der Waals surface area contributed by atoms with Crippen molar-refractivity contribution in [3.8, 4) is 0 Å². The van der Waals surface area contributed by atoms with Crippen LogP contribution in [0.15, 0.2) is 48.6 Å². The Morgan fingerprint density at radius 3 is 1.66 bits per heavy atom. The van der Waals surface area contributed by atoms with E-state index in [1.807, 2.05) is 12.2 Å². The molecule has 4 atom stereocenters. The van der Waals surface area contributed by atoms with Gasteiger partial charge < -0.3 is 30.3 Å². The zero-order valence-corrected chi connectivity index (χ0v) is 37.6. The Morgan fingerprint density at radius 2 is 1.10 bits per heavy atom. The van der Waals surface area contributed by atoms with Crippen molar-refractivity contribution in [1.29, 1.82) is 0 Å². The van der Waals surface area contributed by atoms with Crippen molar-refractivity contribution in [2.45, 2.75) is 205 Å². The molecule has 59 heavy (non-hydrogen) atoms. The van der Waals surface area contributed by atoms with Gasteiger partial charge >= 0.3 is 25.7 Å². The quantitative estimate of drug-likeness (QED) is 0.0150. The van der Waals surface area contributed by atoms with E-state index in [0.29, 0.717) is 19.3 Å². The molecule has 0 rings (SSSR count). The number of phosphoric acid groups is 1. The minimum atomic E-state index is -4.76. The van der Waals surface area contributed by atoms with Crippen LogP contribution in [0.4, 0.5) is 0 Å². The number of rotatable bonds is 42. The van der Waals surface area contributed by atoms with E-state index in [1.165, 1.54) is 96.3 Å². The highest BCUT2D eigenvalue weighted by atomic mass is 31.2. The molecular weight excluding hydrogens is 773 g/mol. The van der Waals surface area contributed by atoms with Crippen molar-refractivity contribution in [3.63, 3.8) is 0 Å². The summed E-state index contributed by atoms with van der Waals surface area (Å²) >= 11 is 0. The molecule has 0 aliphatic rings. The average Bonchev–Trinajstić information content (AvgIpc) is 3.20. The molecule has 13 heteroatoms.